The van der Waals surface area contributed by atoms with Crippen LogP contribution in [0.5, 0.6) is 0 Å². The maximum Gasteiger partial charge on any atom is 0.135 e. The average molecular weight is 203 g/mol. The van der Waals surface area contributed by atoms with Gasteiger partial charge >= 0.3 is 0 Å². The Bertz CT molecular complexity index is 319. The normalized spacial score (nSPS) is 12.1. The van der Waals surface area contributed by atoms with Gasteiger partial charge in [0.2, 0.25) is 0 Å². The van der Waals surface area contributed by atoms with E-state index in [2.05, 4.69) is 6.58 Å². The summed E-state index contributed by atoms with van der Waals surface area (Å²) < 4.78 is 0. The van der Waals surface area contributed by atoms with E-state index in [-0.39, 0.29) is 11.8 Å². The van der Waals surface area contributed by atoms with E-state index in [1.807, 2.05) is 30.3 Å². The quantitative estimate of drug-likeness (QED) is 0.719. The van der Waals surface area contributed by atoms with Gasteiger partial charge in [-0.05, 0) is 12.0 Å². The third-order valence-electron chi connectivity index (χ3n) is 2.30. The van der Waals surface area contributed by atoms with E-state index in [1.54, 1.807) is 6.08 Å². The van der Waals surface area contributed by atoms with Crippen molar-refractivity contribution in [2.75, 3.05) is 0 Å². The van der Waals surface area contributed by atoms with Crippen molar-refractivity contribution in [1.82, 2.24) is 0 Å². The van der Waals surface area contributed by atoms with Gasteiger partial charge in [-0.25, -0.2) is 0 Å². The van der Waals surface area contributed by atoms with E-state index in [1.165, 1.54) is 5.56 Å². The van der Waals surface area contributed by atoms with Crippen LogP contribution in [0, 0.1) is 0 Å². The molecule has 15 heavy (non-hydrogen) atoms. The number of carbonyl (C=O) groups excluding carboxylic acids is 1. The molecule has 0 aliphatic rings. The van der Waals surface area contributed by atoms with Crippen LogP contribution in [0.15, 0.2) is 43.0 Å². The molecule has 0 aromatic heterocycles. The molecular formula is C13H17NO. The predicted molar refractivity (Wildman–Crippen MR) is 62.6 cm³/mol. The van der Waals surface area contributed by atoms with Crippen LogP contribution in [-0.2, 0) is 11.2 Å². The number of hydrogen-bond donors (Lipinski definition) is 1. The molecule has 0 bridgehead atoms. The first-order chi connectivity index (χ1) is 7.22. The van der Waals surface area contributed by atoms with Gasteiger partial charge in [0.25, 0.3) is 0 Å². The molecule has 0 aliphatic carbocycles. The van der Waals surface area contributed by atoms with Gasteiger partial charge in [-0.15, -0.1) is 6.58 Å². The summed E-state index contributed by atoms with van der Waals surface area (Å²) in [5, 5.41) is 0. The number of nitrogens with two attached hydrogens (primary N) is 1. The van der Waals surface area contributed by atoms with Crippen LogP contribution in [0.25, 0.3) is 0 Å². The first-order valence-electron chi connectivity index (χ1n) is 5.16. The van der Waals surface area contributed by atoms with Crippen LogP contribution < -0.4 is 5.73 Å². The molecule has 0 aliphatic heterocycles. The molecule has 0 fully saturated rings. The first kappa shape index (κ1) is 11.7. The number of hydrogen-bond acceptors (Lipinski definition) is 2. The van der Waals surface area contributed by atoms with Crippen molar-refractivity contribution < 1.29 is 4.79 Å². The van der Waals surface area contributed by atoms with E-state index in [0.717, 1.165) is 6.42 Å². The minimum absolute atomic E-state index is 0.200. The number of benzene rings is 1. The molecule has 0 heterocycles. The topological polar surface area (TPSA) is 43.1 Å². The maximum absolute atomic E-state index is 11.5. The Balaban J connectivity index is 2.31. The molecule has 2 heteroatoms. The van der Waals surface area contributed by atoms with Crippen molar-refractivity contribution in [3.8, 4) is 0 Å². The lowest BCUT2D eigenvalue weighted by atomic mass is 10.0. The molecular weight excluding hydrogens is 186 g/mol. The number of aryl methyl sites for hydroxylation is 1. The van der Waals surface area contributed by atoms with Crippen LogP contribution >= 0.6 is 0 Å². The predicted octanol–water partition coefficient (Wildman–Crippen LogP) is 2.09. The van der Waals surface area contributed by atoms with E-state index < -0.39 is 0 Å². The summed E-state index contributed by atoms with van der Waals surface area (Å²) >= 11 is 0. The fourth-order valence-corrected chi connectivity index (χ4v) is 1.38. The standard InChI is InChI=1S/C13H17NO/c1-2-12(14)10-13(15)9-8-11-6-4-3-5-7-11/h2-7,12H,1,8-10,14H2. The van der Waals surface area contributed by atoms with Crippen LogP contribution in [0.3, 0.4) is 0 Å². The summed E-state index contributed by atoms with van der Waals surface area (Å²) in [7, 11) is 0. The average Bonchev–Trinajstić information content (AvgIpc) is 2.27. The molecule has 1 unspecified atom stereocenters. The number of Topliss-reactive ketones (excluding diaryl/α,β-unsaturated/α-hetero) is 1. The van der Waals surface area contributed by atoms with Gasteiger partial charge in [0.1, 0.15) is 5.78 Å². The maximum atomic E-state index is 11.5. The van der Waals surface area contributed by atoms with Crippen molar-refractivity contribution in [2.45, 2.75) is 25.3 Å². The molecule has 0 amide bonds. The van der Waals surface area contributed by atoms with Crippen LogP contribution in [0.4, 0.5) is 0 Å². The second kappa shape index (κ2) is 6.14. The van der Waals surface area contributed by atoms with Crippen molar-refractivity contribution >= 4 is 5.78 Å². The highest BCUT2D eigenvalue weighted by molar-refractivity contribution is 5.79. The van der Waals surface area contributed by atoms with Crippen molar-refractivity contribution in [2.24, 2.45) is 5.73 Å². The Hall–Kier alpha value is -1.41. The van der Waals surface area contributed by atoms with E-state index in [4.69, 9.17) is 5.73 Å². The van der Waals surface area contributed by atoms with Gasteiger partial charge in [0.05, 0.1) is 0 Å². The molecule has 2 N–H and O–H groups in total. The summed E-state index contributed by atoms with van der Waals surface area (Å²) in [4.78, 5) is 11.5. The van der Waals surface area contributed by atoms with Crippen LogP contribution in [-0.4, -0.2) is 11.8 Å². The second-order valence-electron chi connectivity index (χ2n) is 3.63. The zero-order valence-corrected chi connectivity index (χ0v) is 8.86. The molecule has 0 saturated carbocycles. The zero-order valence-electron chi connectivity index (χ0n) is 8.86. The Morgan fingerprint density at radius 3 is 2.67 bits per heavy atom. The minimum Gasteiger partial charge on any atom is -0.324 e. The lowest BCUT2D eigenvalue weighted by Crippen LogP contribution is -2.21. The van der Waals surface area contributed by atoms with Gasteiger partial charge in [-0.1, -0.05) is 36.4 Å². The summed E-state index contributed by atoms with van der Waals surface area (Å²) in [6, 6.07) is 9.79. The Morgan fingerprint density at radius 1 is 1.40 bits per heavy atom. The monoisotopic (exact) mass is 203 g/mol. The summed E-state index contributed by atoms with van der Waals surface area (Å²) in [6.45, 7) is 3.55. The van der Waals surface area contributed by atoms with Crippen LogP contribution in [0.1, 0.15) is 18.4 Å². The molecule has 0 spiro atoms. The fourth-order valence-electron chi connectivity index (χ4n) is 1.38. The van der Waals surface area contributed by atoms with Crippen molar-refractivity contribution in [1.29, 1.82) is 0 Å². The van der Waals surface area contributed by atoms with Gasteiger partial charge < -0.3 is 5.73 Å². The van der Waals surface area contributed by atoms with Gasteiger partial charge in [0, 0.05) is 18.9 Å². The van der Waals surface area contributed by atoms with Gasteiger partial charge in [0.15, 0.2) is 0 Å². The zero-order chi connectivity index (χ0) is 11.1. The Labute approximate surface area is 90.8 Å². The van der Waals surface area contributed by atoms with Gasteiger partial charge in [-0.3, -0.25) is 4.79 Å². The Kier molecular flexibility index (Phi) is 4.78. The lowest BCUT2D eigenvalue weighted by Gasteiger charge is -2.04. The first-order valence-corrected chi connectivity index (χ1v) is 5.16. The summed E-state index contributed by atoms with van der Waals surface area (Å²) in [6.07, 6.45) is 3.37. The third-order valence-corrected chi connectivity index (χ3v) is 2.30. The molecule has 1 rings (SSSR count). The summed E-state index contributed by atoms with van der Waals surface area (Å²) in [5.74, 6) is 0.200. The van der Waals surface area contributed by atoms with E-state index in [0.29, 0.717) is 12.8 Å². The molecule has 0 saturated heterocycles. The highest BCUT2D eigenvalue weighted by Gasteiger charge is 2.06. The van der Waals surface area contributed by atoms with E-state index in [9.17, 15) is 4.79 Å². The molecule has 2 nitrogen and oxygen atoms in total. The molecule has 80 valence electrons. The molecule has 0 radical (unpaired) electrons. The fraction of sp³-hybridized carbons (Fsp3) is 0.308. The second-order valence-corrected chi connectivity index (χ2v) is 3.63. The molecule has 1 aromatic rings. The number of ketones is 1. The SMILES string of the molecule is C=CC(N)CC(=O)CCc1ccccc1. The lowest BCUT2D eigenvalue weighted by molar-refractivity contribution is -0.119. The molecule has 1 atom stereocenters. The largest absolute Gasteiger partial charge is 0.324 e. The number of rotatable bonds is 6. The molecule has 1 aromatic carbocycles. The Morgan fingerprint density at radius 2 is 2.07 bits per heavy atom. The summed E-state index contributed by atoms with van der Waals surface area (Å²) in [5.41, 5.74) is 6.80. The van der Waals surface area contributed by atoms with Crippen LogP contribution in [0.2, 0.25) is 0 Å². The van der Waals surface area contributed by atoms with E-state index >= 15 is 0 Å². The smallest absolute Gasteiger partial charge is 0.135 e. The van der Waals surface area contributed by atoms with Gasteiger partial charge in [-0.2, -0.15) is 0 Å². The number of carbonyl (C=O) groups is 1. The third kappa shape index (κ3) is 4.56. The van der Waals surface area contributed by atoms with Crippen molar-refractivity contribution in [3.05, 3.63) is 48.6 Å². The minimum atomic E-state index is -0.201. The highest BCUT2D eigenvalue weighted by Crippen LogP contribution is 2.04. The highest BCUT2D eigenvalue weighted by atomic mass is 16.1. The van der Waals surface area contributed by atoms with Crippen molar-refractivity contribution in [3.63, 3.8) is 0 Å².